The van der Waals surface area contributed by atoms with Gasteiger partial charge in [0.2, 0.25) is 0 Å². The molecular weight excluding hydrogens is 320 g/mol. The zero-order valence-corrected chi connectivity index (χ0v) is 15.1. The van der Waals surface area contributed by atoms with Crippen molar-refractivity contribution in [2.75, 3.05) is 57.9 Å². The van der Waals surface area contributed by atoms with Crippen molar-refractivity contribution in [1.82, 2.24) is 9.80 Å². The van der Waals surface area contributed by atoms with E-state index in [0.717, 1.165) is 19.6 Å². The summed E-state index contributed by atoms with van der Waals surface area (Å²) in [5, 5.41) is 20.4. The summed E-state index contributed by atoms with van der Waals surface area (Å²) in [7, 11) is 0. The van der Waals surface area contributed by atoms with Gasteiger partial charge in [-0.3, -0.25) is 0 Å². The molecule has 0 heterocycles. The fourth-order valence-corrected chi connectivity index (χ4v) is 2.29. The number of likely N-dealkylation sites (N-methyl/N-ethyl adjacent to an activating group) is 1. The van der Waals surface area contributed by atoms with Crippen LogP contribution in [-0.4, -0.2) is 73.5 Å². The van der Waals surface area contributed by atoms with Crippen molar-refractivity contribution in [1.29, 1.82) is 5.26 Å². The minimum absolute atomic E-state index is 0.0309. The summed E-state index contributed by atoms with van der Waals surface area (Å²) in [6.45, 7) is 8.48. The van der Waals surface area contributed by atoms with Crippen LogP contribution in [0.4, 0.5) is 10.5 Å². The number of hydrogen-bond acceptors (Lipinski definition) is 5. The van der Waals surface area contributed by atoms with E-state index < -0.39 is 0 Å². The molecule has 2 N–H and O–H groups in total. The van der Waals surface area contributed by atoms with Crippen LogP contribution in [0.25, 0.3) is 0 Å². The van der Waals surface area contributed by atoms with E-state index in [1.165, 1.54) is 0 Å². The third-order valence-corrected chi connectivity index (χ3v) is 3.87. The maximum absolute atomic E-state index is 12.5. The number of ether oxygens (including phenoxy) is 1. The quantitative estimate of drug-likeness (QED) is 0.595. The Morgan fingerprint density at radius 3 is 2.40 bits per heavy atom. The lowest BCUT2D eigenvalue weighted by Gasteiger charge is -2.26. The Morgan fingerprint density at radius 1 is 1.16 bits per heavy atom. The Labute approximate surface area is 149 Å². The number of amides is 2. The van der Waals surface area contributed by atoms with Gasteiger partial charge >= 0.3 is 6.03 Å². The van der Waals surface area contributed by atoms with E-state index in [-0.39, 0.29) is 19.2 Å². The topological polar surface area (TPSA) is 88.8 Å². The Kier molecular flexibility index (Phi) is 10.2. The van der Waals surface area contributed by atoms with Crippen LogP contribution < -0.4 is 5.32 Å². The summed E-state index contributed by atoms with van der Waals surface area (Å²) in [5.74, 6) is 0. The molecule has 0 spiro atoms. The molecule has 1 aromatic rings. The number of nitrogens with zero attached hydrogens (tertiary/aromatic N) is 3. The van der Waals surface area contributed by atoms with Gasteiger partial charge in [0.05, 0.1) is 31.5 Å². The van der Waals surface area contributed by atoms with Crippen molar-refractivity contribution < 1.29 is 14.6 Å². The first kappa shape index (κ1) is 20.9. The second-order valence-corrected chi connectivity index (χ2v) is 5.47. The number of rotatable bonds is 11. The van der Waals surface area contributed by atoms with Gasteiger partial charge in [-0.05, 0) is 37.4 Å². The molecular formula is C18H28N4O3. The average Bonchev–Trinajstić information content (AvgIpc) is 2.64. The molecule has 0 aliphatic carbocycles. The SMILES string of the molecule is CCN(CC)CCN(CCOCCO)C(=O)Nc1ccc(C#N)cc1. The van der Waals surface area contributed by atoms with Crippen LogP contribution in [0.15, 0.2) is 24.3 Å². The van der Waals surface area contributed by atoms with Gasteiger partial charge in [0.15, 0.2) is 0 Å². The summed E-state index contributed by atoms with van der Waals surface area (Å²) < 4.78 is 5.28. The van der Waals surface area contributed by atoms with Crippen LogP contribution in [0.1, 0.15) is 19.4 Å². The van der Waals surface area contributed by atoms with Crippen LogP contribution >= 0.6 is 0 Å². The molecule has 25 heavy (non-hydrogen) atoms. The fourth-order valence-electron chi connectivity index (χ4n) is 2.29. The highest BCUT2D eigenvalue weighted by Crippen LogP contribution is 2.10. The lowest BCUT2D eigenvalue weighted by Crippen LogP contribution is -2.42. The van der Waals surface area contributed by atoms with E-state index in [0.29, 0.717) is 30.9 Å². The second-order valence-electron chi connectivity index (χ2n) is 5.47. The molecule has 0 saturated heterocycles. The number of anilines is 1. The number of carbonyl (C=O) groups excluding carboxylic acids is 1. The summed E-state index contributed by atoms with van der Waals surface area (Å²) in [5.41, 5.74) is 1.20. The second kappa shape index (κ2) is 12.3. The summed E-state index contributed by atoms with van der Waals surface area (Å²) >= 11 is 0. The van der Waals surface area contributed by atoms with E-state index in [1.807, 2.05) is 0 Å². The molecule has 2 amide bonds. The monoisotopic (exact) mass is 348 g/mol. The molecule has 0 bridgehead atoms. The molecule has 1 aromatic carbocycles. The molecule has 0 aliphatic heterocycles. The number of aliphatic hydroxyl groups is 1. The molecule has 0 radical (unpaired) electrons. The molecule has 0 aromatic heterocycles. The number of hydrogen-bond donors (Lipinski definition) is 2. The molecule has 7 nitrogen and oxygen atoms in total. The highest BCUT2D eigenvalue weighted by Gasteiger charge is 2.14. The predicted octanol–water partition coefficient (Wildman–Crippen LogP) is 1.74. The standard InChI is InChI=1S/C18H28N4O3/c1-3-21(4-2)9-10-22(11-13-25-14-12-23)18(24)20-17-7-5-16(15-19)6-8-17/h5-8,23H,3-4,9-14H2,1-2H3,(H,20,24). The fraction of sp³-hybridized carbons (Fsp3) is 0.556. The molecule has 0 unspecified atom stereocenters. The van der Waals surface area contributed by atoms with E-state index in [4.69, 9.17) is 15.1 Å². The molecule has 0 fully saturated rings. The van der Waals surface area contributed by atoms with Crippen LogP contribution in [0.2, 0.25) is 0 Å². The van der Waals surface area contributed by atoms with Crippen molar-refractivity contribution >= 4 is 11.7 Å². The maximum Gasteiger partial charge on any atom is 0.321 e. The van der Waals surface area contributed by atoms with Gasteiger partial charge in [0.1, 0.15) is 0 Å². The molecule has 138 valence electrons. The minimum atomic E-state index is -0.204. The minimum Gasteiger partial charge on any atom is -0.394 e. The van der Waals surface area contributed by atoms with Gasteiger partial charge in [-0.25, -0.2) is 4.79 Å². The highest BCUT2D eigenvalue weighted by molar-refractivity contribution is 5.89. The Balaban J connectivity index is 2.63. The normalized spacial score (nSPS) is 10.5. The van der Waals surface area contributed by atoms with Gasteiger partial charge in [0.25, 0.3) is 0 Å². The van der Waals surface area contributed by atoms with E-state index in [9.17, 15) is 4.79 Å². The first-order valence-corrected chi connectivity index (χ1v) is 8.61. The lowest BCUT2D eigenvalue weighted by atomic mass is 10.2. The van der Waals surface area contributed by atoms with Crippen LogP contribution in [0.5, 0.6) is 0 Å². The lowest BCUT2D eigenvalue weighted by molar-refractivity contribution is 0.0784. The van der Waals surface area contributed by atoms with Gasteiger partial charge < -0.3 is 25.0 Å². The predicted molar refractivity (Wildman–Crippen MR) is 97.4 cm³/mol. The maximum atomic E-state index is 12.5. The molecule has 0 atom stereocenters. The van der Waals surface area contributed by atoms with Gasteiger partial charge in [-0.2, -0.15) is 5.26 Å². The Hall–Kier alpha value is -2.14. The zero-order chi connectivity index (χ0) is 18.5. The number of nitriles is 1. The number of carbonyl (C=O) groups is 1. The number of urea groups is 1. The molecule has 0 saturated carbocycles. The van der Waals surface area contributed by atoms with Crippen molar-refractivity contribution in [3.8, 4) is 6.07 Å². The van der Waals surface area contributed by atoms with Crippen LogP contribution in [0.3, 0.4) is 0 Å². The van der Waals surface area contributed by atoms with Crippen molar-refractivity contribution in [3.63, 3.8) is 0 Å². The third kappa shape index (κ3) is 7.98. The molecule has 1 rings (SSSR count). The number of benzene rings is 1. The highest BCUT2D eigenvalue weighted by atomic mass is 16.5. The van der Waals surface area contributed by atoms with Crippen molar-refractivity contribution in [2.45, 2.75) is 13.8 Å². The average molecular weight is 348 g/mol. The number of aliphatic hydroxyl groups excluding tert-OH is 1. The summed E-state index contributed by atoms with van der Waals surface area (Å²) in [6.07, 6.45) is 0. The van der Waals surface area contributed by atoms with E-state index in [2.05, 4.69) is 30.1 Å². The van der Waals surface area contributed by atoms with E-state index >= 15 is 0 Å². The van der Waals surface area contributed by atoms with Gasteiger partial charge in [0, 0.05) is 25.3 Å². The van der Waals surface area contributed by atoms with E-state index in [1.54, 1.807) is 29.2 Å². The summed E-state index contributed by atoms with van der Waals surface area (Å²) in [6, 6.07) is 8.60. The molecule has 0 aliphatic rings. The zero-order valence-electron chi connectivity index (χ0n) is 15.1. The first-order chi connectivity index (χ1) is 12.1. The summed E-state index contributed by atoms with van der Waals surface area (Å²) in [4.78, 5) is 16.5. The van der Waals surface area contributed by atoms with Gasteiger partial charge in [-0.15, -0.1) is 0 Å². The largest absolute Gasteiger partial charge is 0.394 e. The Morgan fingerprint density at radius 2 is 1.84 bits per heavy atom. The van der Waals surface area contributed by atoms with Crippen LogP contribution in [-0.2, 0) is 4.74 Å². The van der Waals surface area contributed by atoms with Crippen molar-refractivity contribution in [3.05, 3.63) is 29.8 Å². The van der Waals surface area contributed by atoms with Gasteiger partial charge in [-0.1, -0.05) is 13.8 Å². The van der Waals surface area contributed by atoms with Crippen LogP contribution in [0, 0.1) is 11.3 Å². The smallest absolute Gasteiger partial charge is 0.321 e. The Bertz CT molecular complexity index is 538. The molecule has 7 heteroatoms. The van der Waals surface area contributed by atoms with Crippen molar-refractivity contribution in [2.24, 2.45) is 0 Å². The third-order valence-electron chi connectivity index (χ3n) is 3.87. The first-order valence-electron chi connectivity index (χ1n) is 8.61. The number of nitrogens with one attached hydrogen (secondary N) is 1.